The lowest BCUT2D eigenvalue weighted by Crippen LogP contribution is -2.22. The lowest BCUT2D eigenvalue weighted by atomic mass is 10.1. The lowest BCUT2D eigenvalue weighted by molar-refractivity contribution is -0.0248. The van der Waals surface area contributed by atoms with Crippen LogP contribution < -0.4 is 11.2 Å². The van der Waals surface area contributed by atoms with Gasteiger partial charge in [0, 0.05) is 17.7 Å². The van der Waals surface area contributed by atoms with Crippen molar-refractivity contribution in [1.82, 2.24) is 5.48 Å². The van der Waals surface area contributed by atoms with Gasteiger partial charge in [-0.15, -0.1) is 0 Å². The van der Waals surface area contributed by atoms with Gasteiger partial charge in [-0.25, -0.2) is 4.39 Å². The van der Waals surface area contributed by atoms with Crippen LogP contribution in [0.25, 0.3) is 0 Å². The summed E-state index contributed by atoms with van der Waals surface area (Å²) in [5.41, 5.74) is 8.59. The van der Waals surface area contributed by atoms with Crippen molar-refractivity contribution in [3.05, 3.63) is 35.1 Å². The van der Waals surface area contributed by atoms with Gasteiger partial charge in [0.1, 0.15) is 5.82 Å². The Balaban J connectivity index is 1.91. The molecular formula is C13H17FN2O2. The highest BCUT2D eigenvalue weighted by molar-refractivity contribution is 5.92. The molecule has 5 heteroatoms. The highest BCUT2D eigenvalue weighted by Gasteiger charge is 2.15. The number of benzene rings is 1. The molecule has 0 bridgehead atoms. The normalized spacial score (nSPS) is 16.1. The fourth-order valence-electron chi connectivity index (χ4n) is 2.11. The van der Waals surface area contributed by atoms with E-state index in [-0.39, 0.29) is 18.5 Å². The largest absolute Gasteiger partial charge is 0.366 e. The van der Waals surface area contributed by atoms with Gasteiger partial charge in [-0.2, -0.15) is 5.48 Å². The van der Waals surface area contributed by atoms with Crippen molar-refractivity contribution in [2.24, 2.45) is 5.73 Å². The van der Waals surface area contributed by atoms with E-state index in [4.69, 9.17) is 10.6 Å². The van der Waals surface area contributed by atoms with Gasteiger partial charge in [-0.05, 0) is 31.0 Å². The van der Waals surface area contributed by atoms with Crippen molar-refractivity contribution >= 4 is 5.91 Å². The zero-order chi connectivity index (χ0) is 13.0. The quantitative estimate of drug-likeness (QED) is 0.786. The Labute approximate surface area is 105 Å². The molecule has 0 spiro atoms. The van der Waals surface area contributed by atoms with Crippen molar-refractivity contribution in [2.45, 2.75) is 38.3 Å². The highest BCUT2D eigenvalue weighted by atomic mass is 19.1. The number of primary amides is 1. The Bertz CT molecular complexity index is 431. The van der Waals surface area contributed by atoms with E-state index in [1.807, 2.05) is 0 Å². The van der Waals surface area contributed by atoms with E-state index in [0.29, 0.717) is 11.1 Å². The summed E-state index contributed by atoms with van der Waals surface area (Å²) in [5, 5.41) is 0. The van der Waals surface area contributed by atoms with E-state index >= 15 is 0 Å². The Morgan fingerprint density at radius 3 is 2.83 bits per heavy atom. The van der Waals surface area contributed by atoms with E-state index in [0.717, 1.165) is 12.8 Å². The molecule has 0 atom stereocenters. The number of hydroxylamine groups is 1. The van der Waals surface area contributed by atoms with Gasteiger partial charge in [0.2, 0.25) is 5.91 Å². The minimum absolute atomic E-state index is 0.215. The van der Waals surface area contributed by atoms with Crippen molar-refractivity contribution in [3.8, 4) is 0 Å². The predicted molar refractivity (Wildman–Crippen MR) is 65.1 cm³/mol. The van der Waals surface area contributed by atoms with Crippen LogP contribution in [0.1, 0.15) is 41.6 Å². The second-order valence-corrected chi connectivity index (χ2v) is 4.52. The third-order valence-electron chi connectivity index (χ3n) is 3.15. The van der Waals surface area contributed by atoms with Crippen LogP contribution in [0, 0.1) is 5.82 Å². The van der Waals surface area contributed by atoms with E-state index in [1.165, 1.54) is 31.0 Å². The first-order valence-electron chi connectivity index (χ1n) is 6.13. The molecule has 4 nitrogen and oxygen atoms in total. The van der Waals surface area contributed by atoms with Gasteiger partial charge in [-0.3, -0.25) is 9.63 Å². The van der Waals surface area contributed by atoms with Gasteiger partial charge >= 0.3 is 0 Å². The number of hydrogen-bond donors (Lipinski definition) is 2. The van der Waals surface area contributed by atoms with E-state index in [1.54, 1.807) is 0 Å². The molecule has 0 aliphatic heterocycles. The maximum atomic E-state index is 13.5. The molecule has 1 aromatic rings. The van der Waals surface area contributed by atoms with Crippen LogP contribution in [-0.4, -0.2) is 12.0 Å². The molecule has 3 N–H and O–H groups in total. The number of hydrogen-bond acceptors (Lipinski definition) is 3. The maximum Gasteiger partial charge on any atom is 0.248 e. The number of rotatable bonds is 5. The van der Waals surface area contributed by atoms with Crippen molar-refractivity contribution in [3.63, 3.8) is 0 Å². The topological polar surface area (TPSA) is 64.4 Å². The van der Waals surface area contributed by atoms with Gasteiger partial charge in [0.25, 0.3) is 0 Å². The molecule has 18 heavy (non-hydrogen) atoms. The Morgan fingerprint density at radius 2 is 2.17 bits per heavy atom. The monoisotopic (exact) mass is 252 g/mol. The zero-order valence-corrected chi connectivity index (χ0v) is 10.1. The second-order valence-electron chi connectivity index (χ2n) is 4.52. The zero-order valence-electron chi connectivity index (χ0n) is 10.1. The predicted octanol–water partition coefficient (Wildman–Crippen LogP) is 1.89. The van der Waals surface area contributed by atoms with Crippen molar-refractivity contribution < 1.29 is 14.0 Å². The summed E-state index contributed by atoms with van der Waals surface area (Å²) in [6.07, 6.45) is 4.65. The molecule has 1 amide bonds. The van der Waals surface area contributed by atoms with Crippen LogP contribution in [0.4, 0.5) is 4.39 Å². The minimum atomic E-state index is -0.562. The summed E-state index contributed by atoms with van der Waals surface area (Å²) in [7, 11) is 0. The average molecular weight is 252 g/mol. The SMILES string of the molecule is NC(=O)c1ccc(F)c(CNOC2CCCC2)c1. The highest BCUT2D eigenvalue weighted by Crippen LogP contribution is 2.20. The second kappa shape index (κ2) is 5.93. The van der Waals surface area contributed by atoms with Crippen LogP contribution in [0.3, 0.4) is 0 Å². The molecular weight excluding hydrogens is 235 g/mol. The summed E-state index contributed by atoms with van der Waals surface area (Å²) < 4.78 is 13.5. The molecule has 1 fully saturated rings. The number of amides is 1. The molecule has 1 aromatic carbocycles. The van der Waals surface area contributed by atoms with Gasteiger partial charge < -0.3 is 5.73 Å². The first-order chi connectivity index (χ1) is 8.66. The van der Waals surface area contributed by atoms with Crippen LogP contribution in [0.15, 0.2) is 18.2 Å². The van der Waals surface area contributed by atoms with Crippen LogP contribution in [0.5, 0.6) is 0 Å². The van der Waals surface area contributed by atoms with Crippen molar-refractivity contribution in [1.29, 1.82) is 0 Å². The summed E-state index contributed by atoms with van der Waals surface area (Å²) in [6, 6.07) is 4.06. The first-order valence-corrected chi connectivity index (χ1v) is 6.13. The van der Waals surface area contributed by atoms with Crippen LogP contribution in [-0.2, 0) is 11.4 Å². The summed E-state index contributed by atoms with van der Waals surface area (Å²) in [6.45, 7) is 0.226. The van der Waals surface area contributed by atoms with Gasteiger partial charge in [0.15, 0.2) is 0 Å². The Morgan fingerprint density at radius 1 is 1.44 bits per heavy atom. The molecule has 1 aliphatic carbocycles. The fraction of sp³-hybridized carbons (Fsp3) is 0.462. The molecule has 0 saturated heterocycles. The number of halogens is 1. The maximum absolute atomic E-state index is 13.5. The third-order valence-corrected chi connectivity index (χ3v) is 3.15. The standard InChI is InChI=1S/C13H17FN2O2/c14-12-6-5-9(13(15)17)7-10(12)8-16-18-11-3-1-2-4-11/h5-7,11,16H,1-4,8H2,(H2,15,17). The Kier molecular flexibility index (Phi) is 4.28. The number of carbonyl (C=O) groups is 1. The van der Waals surface area contributed by atoms with Crippen LogP contribution >= 0.6 is 0 Å². The smallest absolute Gasteiger partial charge is 0.248 e. The minimum Gasteiger partial charge on any atom is -0.366 e. The molecule has 0 radical (unpaired) electrons. The molecule has 98 valence electrons. The fourth-order valence-corrected chi connectivity index (χ4v) is 2.11. The summed E-state index contributed by atoms with van der Waals surface area (Å²) in [5.74, 6) is -0.935. The number of nitrogens with two attached hydrogens (primary N) is 1. The van der Waals surface area contributed by atoms with Crippen LogP contribution in [0.2, 0.25) is 0 Å². The molecule has 0 aromatic heterocycles. The third kappa shape index (κ3) is 3.27. The molecule has 0 unspecified atom stereocenters. The lowest BCUT2D eigenvalue weighted by Gasteiger charge is -2.12. The van der Waals surface area contributed by atoms with Gasteiger partial charge in [0.05, 0.1) is 6.10 Å². The molecule has 2 rings (SSSR count). The first kappa shape index (κ1) is 13.0. The number of carbonyl (C=O) groups excluding carboxylic acids is 1. The van der Waals surface area contributed by atoms with E-state index in [9.17, 15) is 9.18 Å². The van der Waals surface area contributed by atoms with E-state index in [2.05, 4.69) is 5.48 Å². The van der Waals surface area contributed by atoms with E-state index < -0.39 is 5.91 Å². The average Bonchev–Trinajstić information content (AvgIpc) is 2.84. The van der Waals surface area contributed by atoms with Crippen molar-refractivity contribution in [2.75, 3.05) is 0 Å². The molecule has 1 saturated carbocycles. The molecule has 0 heterocycles. The van der Waals surface area contributed by atoms with Gasteiger partial charge in [-0.1, -0.05) is 12.8 Å². The summed E-state index contributed by atoms with van der Waals surface area (Å²) >= 11 is 0. The Hall–Kier alpha value is -1.46. The summed E-state index contributed by atoms with van der Waals surface area (Å²) in [4.78, 5) is 16.4. The molecule has 1 aliphatic rings. The number of nitrogens with one attached hydrogen (secondary N) is 1.